The van der Waals surface area contributed by atoms with Crippen LogP contribution in [0.25, 0.3) is 11.1 Å². The maximum atomic E-state index is 11.4. The fraction of sp³-hybridized carbons (Fsp3) is 0.405. The quantitative estimate of drug-likeness (QED) is 0.0739. The minimum atomic E-state index is -1.14. The first-order valence-corrected chi connectivity index (χ1v) is 19.2. The SMILES string of the molecule is CCOc1cc(O[C@H]2CCc3c(-c4cccc5c4CC[C@@H]5Oc4cc(OCC)c(CN[C@@H](CO)C(=O)O)cc4Cl)cccc32)c(Cl)cc1CCCCO. The molecule has 0 heterocycles. The van der Waals surface area contributed by atoms with E-state index >= 15 is 0 Å². The number of aliphatic carboxylic acids is 1. The number of ether oxygens (including phenoxy) is 4. The number of carboxylic acid groups (broad SMARTS) is 1. The van der Waals surface area contributed by atoms with Gasteiger partial charge in [0.2, 0.25) is 0 Å². The maximum Gasteiger partial charge on any atom is 0.323 e. The van der Waals surface area contributed by atoms with Crippen molar-refractivity contribution in [3.8, 4) is 34.1 Å². The molecule has 0 aliphatic heterocycles. The Morgan fingerprint density at radius 2 is 1.30 bits per heavy atom. The highest BCUT2D eigenvalue weighted by molar-refractivity contribution is 6.32. The van der Waals surface area contributed by atoms with Crippen molar-refractivity contribution in [2.75, 3.05) is 26.4 Å². The molecule has 11 heteroatoms. The van der Waals surface area contributed by atoms with Crippen LogP contribution in [0.3, 0.4) is 0 Å². The van der Waals surface area contributed by atoms with Crippen molar-refractivity contribution in [3.63, 3.8) is 0 Å². The van der Waals surface area contributed by atoms with Crippen LogP contribution in [-0.2, 0) is 30.6 Å². The van der Waals surface area contributed by atoms with Gasteiger partial charge in [-0.25, -0.2) is 0 Å². The van der Waals surface area contributed by atoms with E-state index in [0.717, 1.165) is 67.4 Å². The minimum Gasteiger partial charge on any atom is -0.493 e. The van der Waals surface area contributed by atoms with Gasteiger partial charge in [0.25, 0.3) is 0 Å². The first-order valence-electron chi connectivity index (χ1n) is 18.4. The summed E-state index contributed by atoms with van der Waals surface area (Å²) in [7, 11) is 0. The van der Waals surface area contributed by atoms with Crippen LogP contribution in [0.5, 0.6) is 23.0 Å². The first-order chi connectivity index (χ1) is 25.8. The Morgan fingerprint density at radius 1 is 0.774 bits per heavy atom. The third kappa shape index (κ3) is 8.71. The van der Waals surface area contributed by atoms with E-state index < -0.39 is 18.6 Å². The molecule has 0 fully saturated rings. The smallest absolute Gasteiger partial charge is 0.323 e. The second-order valence-electron chi connectivity index (χ2n) is 13.3. The molecule has 2 aliphatic rings. The summed E-state index contributed by atoms with van der Waals surface area (Å²) in [5.41, 5.74) is 8.87. The molecule has 0 radical (unpaired) electrons. The molecule has 4 aromatic rings. The van der Waals surface area contributed by atoms with Gasteiger partial charge in [-0.1, -0.05) is 59.6 Å². The summed E-state index contributed by atoms with van der Waals surface area (Å²) in [6.45, 7) is 4.54. The van der Waals surface area contributed by atoms with Crippen molar-refractivity contribution in [2.24, 2.45) is 0 Å². The highest BCUT2D eigenvalue weighted by Crippen LogP contribution is 2.47. The molecule has 282 valence electrons. The summed E-state index contributed by atoms with van der Waals surface area (Å²) >= 11 is 13.5. The summed E-state index contributed by atoms with van der Waals surface area (Å²) in [4.78, 5) is 11.4. The topological polar surface area (TPSA) is 127 Å². The Kier molecular flexibility index (Phi) is 13.1. The average molecular weight is 765 g/mol. The molecule has 6 rings (SSSR count). The number of unbranched alkanes of at least 4 members (excludes halogenated alkanes) is 1. The molecule has 0 bridgehead atoms. The summed E-state index contributed by atoms with van der Waals surface area (Å²) in [6.07, 6.45) is 5.30. The Bertz CT molecular complexity index is 1920. The number of aryl methyl sites for hydroxylation is 1. The van der Waals surface area contributed by atoms with Gasteiger partial charge < -0.3 is 34.3 Å². The van der Waals surface area contributed by atoms with E-state index in [0.29, 0.717) is 46.1 Å². The van der Waals surface area contributed by atoms with Crippen molar-refractivity contribution < 1.29 is 39.1 Å². The van der Waals surface area contributed by atoms with Gasteiger partial charge in [0.15, 0.2) is 0 Å². The third-order valence-electron chi connectivity index (χ3n) is 9.96. The molecule has 0 saturated carbocycles. The Balaban J connectivity index is 1.22. The number of fused-ring (bicyclic) bond motifs is 2. The number of nitrogens with one attached hydrogen (secondary N) is 1. The fourth-order valence-corrected chi connectivity index (χ4v) is 7.89. The van der Waals surface area contributed by atoms with Crippen LogP contribution in [-0.4, -0.2) is 53.8 Å². The van der Waals surface area contributed by atoms with E-state index in [1.807, 2.05) is 26.0 Å². The Labute approximate surface area is 320 Å². The van der Waals surface area contributed by atoms with Crippen molar-refractivity contribution in [3.05, 3.63) is 104 Å². The van der Waals surface area contributed by atoms with Crippen LogP contribution in [0, 0.1) is 0 Å². The van der Waals surface area contributed by atoms with Crippen molar-refractivity contribution >= 4 is 29.2 Å². The predicted octanol–water partition coefficient (Wildman–Crippen LogP) is 8.44. The average Bonchev–Trinajstić information content (AvgIpc) is 3.76. The number of carboxylic acids is 1. The first kappa shape index (κ1) is 38.7. The largest absolute Gasteiger partial charge is 0.493 e. The van der Waals surface area contributed by atoms with Crippen LogP contribution in [0.4, 0.5) is 0 Å². The molecule has 2 aliphatic carbocycles. The number of aliphatic hydroxyl groups excluding tert-OH is 2. The number of rotatable bonds is 18. The summed E-state index contributed by atoms with van der Waals surface area (Å²) in [6, 6.07) is 19.0. The number of benzene rings is 4. The highest BCUT2D eigenvalue weighted by Gasteiger charge is 2.32. The standard InChI is InChI=1S/C42H47Cl2NO8/c1-3-50-38-21-40(33(43)19-25(38)9-5-6-18-46)52-36-16-14-29-27(10-7-12-31(29)36)28-11-8-13-32-30(28)15-17-37(32)53-41-22-39(51-4-2)26(20-34(41)44)23-45-35(24-47)42(48)49/h7-8,10-13,19-22,35-37,45-47H,3-6,9,14-18,23-24H2,1-2H3,(H,48,49)/t35-,36-,37-/m0/s1. The zero-order valence-corrected chi connectivity index (χ0v) is 31.6. The molecule has 0 aromatic heterocycles. The van der Waals surface area contributed by atoms with E-state index in [9.17, 15) is 20.1 Å². The fourth-order valence-electron chi connectivity index (χ4n) is 7.42. The van der Waals surface area contributed by atoms with Gasteiger partial charge in [0.05, 0.1) is 29.9 Å². The van der Waals surface area contributed by atoms with Gasteiger partial charge in [-0.05, 0) is 110 Å². The lowest BCUT2D eigenvalue weighted by atomic mass is 9.91. The molecule has 4 aromatic carbocycles. The van der Waals surface area contributed by atoms with Crippen LogP contribution in [0.2, 0.25) is 10.0 Å². The number of carbonyl (C=O) groups is 1. The zero-order valence-electron chi connectivity index (χ0n) is 30.1. The molecule has 3 atom stereocenters. The van der Waals surface area contributed by atoms with Crippen molar-refractivity contribution in [2.45, 2.75) is 83.6 Å². The van der Waals surface area contributed by atoms with Gasteiger partial charge >= 0.3 is 5.97 Å². The molecule has 0 amide bonds. The molecule has 0 spiro atoms. The van der Waals surface area contributed by atoms with Crippen molar-refractivity contribution in [1.82, 2.24) is 5.32 Å². The second-order valence-corrected chi connectivity index (χ2v) is 14.1. The number of hydrogen-bond acceptors (Lipinski definition) is 8. The molecule has 9 nitrogen and oxygen atoms in total. The Morgan fingerprint density at radius 3 is 1.79 bits per heavy atom. The lowest BCUT2D eigenvalue weighted by Gasteiger charge is -2.20. The summed E-state index contributed by atoms with van der Waals surface area (Å²) < 4.78 is 25.1. The van der Waals surface area contributed by atoms with E-state index in [4.69, 9.17) is 42.1 Å². The molecule has 0 saturated heterocycles. The highest BCUT2D eigenvalue weighted by atomic mass is 35.5. The lowest BCUT2D eigenvalue weighted by molar-refractivity contribution is -0.140. The molecular weight excluding hydrogens is 717 g/mol. The van der Waals surface area contributed by atoms with Crippen molar-refractivity contribution in [1.29, 1.82) is 0 Å². The van der Waals surface area contributed by atoms with Crippen LogP contribution in [0.1, 0.15) is 85.1 Å². The van der Waals surface area contributed by atoms with Gasteiger partial charge in [0.1, 0.15) is 41.2 Å². The van der Waals surface area contributed by atoms with Gasteiger partial charge in [-0.2, -0.15) is 0 Å². The number of hydrogen-bond donors (Lipinski definition) is 4. The second kappa shape index (κ2) is 17.9. The zero-order chi connectivity index (χ0) is 37.5. The van der Waals surface area contributed by atoms with Gasteiger partial charge in [-0.3, -0.25) is 10.1 Å². The normalized spacial score (nSPS) is 16.6. The molecule has 0 unspecified atom stereocenters. The molecule has 4 N–H and O–H groups in total. The van der Waals surface area contributed by atoms with Crippen LogP contribution < -0.4 is 24.3 Å². The molecular formula is C42H47Cl2NO8. The minimum absolute atomic E-state index is 0.148. The van der Waals surface area contributed by atoms with Crippen LogP contribution in [0.15, 0.2) is 60.7 Å². The third-order valence-corrected chi connectivity index (χ3v) is 10.6. The lowest BCUT2D eigenvalue weighted by Crippen LogP contribution is -2.39. The van der Waals surface area contributed by atoms with Gasteiger partial charge in [0, 0.05) is 30.8 Å². The summed E-state index contributed by atoms with van der Waals surface area (Å²) in [5, 5.41) is 31.7. The van der Waals surface area contributed by atoms with Crippen LogP contribution >= 0.6 is 23.2 Å². The predicted molar refractivity (Wildman–Crippen MR) is 206 cm³/mol. The van der Waals surface area contributed by atoms with E-state index in [1.54, 1.807) is 12.1 Å². The number of aliphatic hydroxyl groups is 2. The Hall–Kier alpha value is -3.99. The van der Waals surface area contributed by atoms with Gasteiger partial charge in [-0.15, -0.1) is 0 Å². The molecule has 53 heavy (non-hydrogen) atoms. The number of halogens is 2. The summed E-state index contributed by atoms with van der Waals surface area (Å²) in [5.74, 6) is 1.26. The van der Waals surface area contributed by atoms with E-state index in [2.05, 4.69) is 41.7 Å². The van der Waals surface area contributed by atoms with E-state index in [-0.39, 0.29) is 25.4 Å². The van der Waals surface area contributed by atoms with E-state index in [1.165, 1.54) is 22.3 Å². The maximum absolute atomic E-state index is 11.4. The monoisotopic (exact) mass is 763 g/mol.